The topological polar surface area (TPSA) is 127 Å². The minimum atomic E-state index is -1.74. The van der Waals surface area contributed by atoms with E-state index in [4.69, 9.17) is 5.11 Å². The first-order chi connectivity index (χ1) is 8.47. The number of aromatic carboxylic acids is 2. The molecule has 7 nitrogen and oxygen atoms in total. The molecule has 0 bridgehead atoms. The fourth-order valence-corrected chi connectivity index (χ4v) is 1.24. The summed E-state index contributed by atoms with van der Waals surface area (Å²) in [6, 6.07) is 2.81. The van der Waals surface area contributed by atoms with Gasteiger partial charge in [0.25, 0.3) is 0 Å². The minimum absolute atomic E-state index is 0.160. The van der Waals surface area contributed by atoms with Crippen molar-refractivity contribution in [3.63, 3.8) is 0 Å². The fraction of sp³-hybridized carbons (Fsp3) is 0.182. The van der Waals surface area contributed by atoms with E-state index in [9.17, 15) is 24.6 Å². The predicted octanol–water partition coefficient (Wildman–Crippen LogP) is -2.44. The zero-order chi connectivity index (χ0) is 13.7. The van der Waals surface area contributed by atoms with Crippen LogP contribution in [0.1, 0.15) is 31.1 Å². The van der Waals surface area contributed by atoms with Gasteiger partial charge in [0, 0.05) is 11.1 Å². The lowest BCUT2D eigenvalue weighted by Crippen LogP contribution is -2.30. The number of carbonyl (C=O) groups is 3. The Morgan fingerprint density at radius 3 is 2.22 bits per heavy atom. The highest BCUT2D eigenvalue weighted by molar-refractivity contribution is 6.02. The molecule has 96 valence electrons. The molecule has 0 saturated carbocycles. The molecule has 0 atom stereocenters. The smallest absolute Gasteiger partial charge is 0.338 e. The second-order valence-electron chi connectivity index (χ2n) is 3.19. The molecule has 0 fully saturated rings. The Morgan fingerprint density at radius 1 is 1.11 bits per heavy atom. The van der Waals surface area contributed by atoms with Gasteiger partial charge in [-0.3, -0.25) is 0 Å². The van der Waals surface area contributed by atoms with Crippen molar-refractivity contribution in [2.45, 2.75) is 0 Å². The van der Waals surface area contributed by atoms with Gasteiger partial charge in [-0.15, -0.1) is 0 Å². The normalized spacial score (nSPS) is 9.83. The third-order valence-electron chi connectivity index (χ3n) is 2.02. The molecule has 1 rings (SSSR count). The molecule has 0 aromatic heterocycles. The maximum Gasteiger partial charge on any atom is 0.338 e. The number of hydrogen-bond donors (Lipinski definition) is 1. The Morgan fingerprint density at radius 2 is 1.72 bits per heavy atom. The zero-order valence-corrected chi connectivity index (χ0v) is 9.04. The van der Waals surface area contributed by atoms with Crippen LogP contribution in [0.4, 0.5) is 0 Å². The maximum atomic E-state index is 11.3. The lowest BCUT2D eigenvalue weighted by atomic mass is 10.0. The second kappa shape index (κ2) is 5.78. The summed E-state index contributed by atoms with van der Waals surface area (Å²) in [6.45, 7) is -0.627. The molecule has 0 saturated heterocycles. The van der Waals surface area contributed by atoms with Crippen LogP contribution in [0.25, 0.3) is 0 Å². The number of benzene rings is 1. The number of aliphatic hydroxyl groups is 1. The highest BCUT2D eigenvalue weighted by atomic mass is 16.5. The molecule has 0 aliphatic heterocycles. The molecular weight excluding hydrogens is 244 g/mol. The number of carbonyl (C=O) groups excluding carboxylic acids is 3. The van der Waals surface area contributed by atoms with Crippen molar-refractivity contribution >= 4 is 17.9 Å². The summed E-state index contributed by atoms with van der Waals surface area (Å²) in [7, 11) is 0. The molecule has 0 amide bonds. The third-order valence-corrected chi connectivity index (χ3v) is 2.02. The molecule has 18 heavy (non-hydrogen) atoms. The molecule has 0 aliphatic rings. The molecule has 1 aromatic rings. The number of rotatable bonds is 5. The van der Waals surface area contributed by atoms with Gasteiger partial charge in [-0.25, -0.2) is 4.79 Å². The van der Waals surface area contributed by atoms with Crippen molar-refractivity contribution in [1.82, 2.24) is 0 Å². The van der Waals surface area contributed by atoms with Gasteiger partial charge < -0.3 is 29.6 Å². The Balaban J connectivity index is 3.11. The average molecular weight is 252 g/mol. The number of carboxylic acid groups (broad SMARTS) is 2. The van der Waals surface area contributed by atoms with Crippen LogP contribution in [0.3, 0.4) is 0 Å². The van der Waals surface area contributed by atoms with Crippen molar-refractivity contribution in [2.24, 2.45) is 0 Å². The van der Waals surface area contributed by atoms with Gasteiger partial charge in [0.05, 0.1) is 24.1 Å². The molecule has 0 unspecified atom stereocenters. The summed E-state index contributed by atoms with van der Waals surface area (Å²) >= 11 is 0. The molecule has 1 N–H and O–H groups in total. The lowest BCUT2D eigenvalue weighted by Gasteiger charge is -2.12. The van der Waals surface area contributed by atoms with Crippen LogP contribution in [0.2, 0.25) is 0 Å². The minimum Gasteiger partial charge on any atom is -0.545 e. The summed E-state index contributed by atoms with van der Waals surface area (Å²) in [5.74, 6) is -4.31. The number of esters is 1. The summed E-state index contributed by atoms with van der Waals surface area (Å²) < 4.78 is 4.55. The summed E-state index contributed by atoms with van der Waals surface area (Å²) in [4.78, 5) is 32.7. The van der Waals surface area contributed by atoms with E-state index in [1.807, 2.05) is 0 Å². The molecule has 1 aromatic carbocycles. The molecule has 0 radical (unpaired) electrons. The van der Waals surface area contributed by atoms with Crippen molar-refractivity contribution < 1.29 is 34.4 Å². The number of carboxylic acids is 2. The van der Waals surface area contributed by atoms with Crippen LogP contribution in [-0.2, 0) is 4.74 Å². The second-order valence-corrected chi connectivity index (χ2v) is 3.19. The highest BCUT2D eigenvalue weighted by Crippen LogP contribution is 2.12. The Bertz CT molecular complexity index is 492. The largest absolute Gasteiger partial charge is 0.545 e. The van der Waals surface area contributed by atoms with Gasteiger partial charge in [0.15, 0.2) is 0 Å². The van der Waals surface area contributed by atoms with Crippen LogP contribution < -0.4 is 10.2 Å². The van der Waals surface area contributed by atoms with Crippen LogP contribution >= 0.6 is 0 Å². The number of hydrogen-bond acceptors (Lipinski definition) is 7. The molecule has 0 aliphatic carbocycles. The van der Waals surface area contributed by atoms with Gasteiger partial charge in [0.1, 0.15) is 6.61 Å². The summed E-state index contributed by atoms with van der Waals surface area (Å²) in [6.07, 6.45) is 0. The van der Waals surface area contributed by atoms with Crippen LogP contribution in [0.5, 0.6) is 0 Å². The standard InChI is InChI=1S/C11H10O7/c12-3-4-18-11(17)6-1-2-7(9(13)14)8(5-6)10(15)16/h1-2,5,12H,3-4H2,(H,13,14)(H,15,16)/p-2. The first-order valence-electron chi connectivity index (χ1n) is 4.82. The van der Waals surface area contributed by atoms with Gasteiger partial charge in [-0.2, -0.15) is 0 Å². The van der Waals surface area contributed by atoms with Gasteiger partial charge in [-0.1, -0.05) is 6.07 Å². The van der Waals surface area contributed by atoms with E-state index in [1.165, 1.54) is 0 Å². The third kappa shape index (κ3) is 3.05. The van der Waals surface area contributed by atoms with E-state index in [0.29, 0.717) is 0 Å². The van der Waals surface area contributed by atoms with E-state index in [1.54, 1.807) is 0 Å². The Kier molecular flexibility index (Phi) is 4.39. The highest BCUT2D eigenvalue weighted by Gasteiger charge is 2.12. The Hall–Kier alpha value is -2.41. The van der Waals surface area contributed by atoms with E-state index < -0.39 is 29.0 Å². The summed E-state index contributed by atoms with van der Waals surface area (Å²) in [5, 5.41) is 29.8. The van der Waals surface area contributed by atoms with E-state index in [0.717, 1.165) is 18.2 Å². The van der Waals surface area contributed by atoms with Gasteiger partial charge in [-0.05, 0) is 12.1 Å². The molecule has 7 heteroatoms. The van der Waals surface area contributed by atoms with Gasteiger partial charge in [0.2, 0.25) is 0 Å². The van der Waals surface area contributed by atoms with Gasteiger partial charge >= 0.3 is 5.97 Å². The van der Waals surface area contributed by atoms with Crippen LogP contribution in [-0.4, -0.2) is 36.2 Å². The molecule has 0 heterocycles. The van der Waals surface area contributed by atoms with Crippen molar-refractivity contribution in [3.05, 3.63) is 34.9 Å². The van der Waals surface area contributed by atoms with Crippen LogP contribution in [0, 0.1) is 0 Å². The predicted molar refractivity (Wildman–Crippen MR) is 52.5 cm³/mol. The quantitative estimate of drug-likeness (QED) is 0.577. The summed E-state index contributed by atoms with van der Waals surface area (Å²) in [5.41, 5.74) is -1.42. The molecular formula is C11H8O7-2. The van der Waals surface area contributed by atoms with Crippen molar-refractivity contribution in [1.29, 1.82) is 0 Å². The maximum absolute atomic E-state index is 11.3. The van der Waals surface area contributed by atoms with E-state index >= 15 is 0 Å². The van der Waals surface area contributed by atoms with E-state index in [2.05, 4.69) is 4.74 Å². The van der Waals surface area contributed by atoms with Crippen LogP contribution in [0.15, 0.2) is 18.2 Å². The number of ether oxygens (including phenoxy) is 1. The molecule has 0 spiro atoms. The SMILES string of the molecule is O=C(OCCO)c1ccc(C(=O)[O-])c(C(=O)[O-])c1. The van der Waals surface area contributed by atoms with Crippen molar-refractivity contribution in [3.8, 4) is 0 Å². The monoisotopic (exact) mass is 252 g/mol. The first-order valence-corrected chi connectivity index (χ1v) is 4.82. The average Bonchev–Trinajstić information content (AvgIpc) is 2.34. The van der Waals surface area contributed by atoms with E-state index in [-0.39, 0.29) is 18.8 Å². The first kappa shape index (κ1) is 13.7. The number of aliphatic hydroxyl groups excluding tert-OH is 1. The zero-order valence-electron chi connectivity index (χ0n) is 9.04. The lowest BCUT2D eigenvalue weighted by molar-refractivity contribution is -0.259. The Labute approximate surface area is 101 Å². The van der Waals surface area contributed by atoms with Crippen molar-refractivity contribution in [2.75, 3.05) is 13.2 Å². The fourth-order valence-electron chi connectivity index (χ4n) is 1.24.